The van der Waals surface area contributed by atoms with E-state index in [9.17, 15) is 9.65 Å². The summed E-state index contributed by atoms with van der Waals surface area (Å²) in [6.45, 7) is 2.04. The van der Waals surface area contributed by atoms with Crippen molar-refractivity contribution in [2.45, 2.75) is 23.6 Å². The van der Waals surface area contributed by atoms with Crippen molar-refractivity contribution in [1.29, 1.82) is 5.26 Å². The zero-order valence-corrected chi connectivity index (χ0v) is 15.9. The van der Waals surface area contributed by atoms with Gasteiger partial charge in [-0.2, -0.15) is 10.4 Å². The molecular weight excluding hydrogens is 373 g/mol. The Morgan fingerprint density at radius 1 is 1.11 bits per heavy atom. The third-order valence-corrected chi connectivity index (χ3v) is 5.45. The monoisotopic (exact) mass is 389 g/mol. The highest BCUT2D eigenvalue weighted by molar-refractivity contribution is 8.00. The topological polar surface area (TPSA) is 67.4 Å². The van der Waals surface area contributed by atoms with E-state index in [1.54, 1.807) is 23.0 Å². The second-order valence-corrected chi connectivity index (χ2v) is 7.57. The highest BCUT2D eigenvalue weighted by Gasteiger charge is 2.17. The zero-order chi connectivity index (χ0) is 19.5. The SMILES string of the molecule is Cc1ccc(CC(C#N)Sc2ncnc3c2cnn3-c2ccc(F)cc2)cc1. The molecule has 4 rings (SSSR count). The fraction of sp³-hybridized carbons (Fsp3) is 0.143. The molecule has 2 aromatic heterocycles. The third kappa shape index (κ3) is 3.73. The Labute approximate surface area is 165 Å². The average Bonchev–Trinajstić information content (AvgIpc) is 3.15. The van der Waals surface area contributed by atoms with Crippen molar-refractivity contribution in [2.24, 2.45) is 0 Å². The number of hydrogen-bond donors (Lipinski definition) is 0. The van der Waals surface area contributed by atoms with Crippen LogP contribution in [-0.4, -0.2) is 25.0 Å². The average molecular weight is 389 g/mol. The van der Waals surface area contributed by atoms with Crippen LogP contribution in [0.2, 0.25) is 0 Å². The van der Waals surface area contributed by atoms with E-state index in [-0.39, 0.29) is 11.1 Å². The van der Waals surface area contributed by atoms with Gasteiger partial charge in [0.15, 0.2) is 5.65 Å². The molecule has 0 radical (unpaired) electrons. The van der Waals surface area contributed by atoms with Gasteiger partial charge in [0.2, 0.25) is 0 Å². The van der Waals surface area contributed by atoms with Gasteiger partial charge < -0.3 is 0 Å². The Morgan fingerprint density at radius 2 is 1.86 bits per heavy atom. The fourth-order valence-corrected chi connectivity index (χ4v) is 3.85. The molecule has 0 N–H and O–H groups in total. The Kier molecular flexibility index (Phi) is 5.04. The number of nitrogens with zero attached hydrogens (tertiary/aromatic N) is 5. The highest BCUT2D eigenvalue weighted by Crippen LogP contribution is 2.30. The van der Waals surface area contributed by atoms with Crippen LogP contribution in [0.4, 0.5) is 4.39 Å². The van der Waals surface area contributed by atoms with Gasteiger partial charge in [0.1, 0.15) is 22.4 Å². The molecule has 0 spiro atoms. The molecule has 138 valence electrons. The minimum absolute atomic E-state index is 0.282. The number of nitriles is 1. The van der Waals surface area contributed by atoms with Crippen LogP contribution in [0.1, 0.15) is 11.1 Å². The van der Waals surface area contributed by atoms with Crippen LogP contribution >= 0.6 is 11.8 Å². The number of thioether (sulfide) groups is 1. The number of fused-ring (bicyclic) bond motifs is 1. The van der Waals surface area contributed by atoms with Gasteiger partial charge in [0.25, 0.3) is 0 Å². The van der Waals surface area contributed by atoms with E-state index in [1.807, 2.05) is 31.2 Å². The van der Waals surface area contributed by atoms with Gasteiger partial charge in [-0.05, 0) is 43.2 Å². The van der Waals surface area contributed by atoms with E-state index in [4.69, 9.17) is 0 Å². The first-order valence-electron chi connectivity index (χ1n) is 8.70. The summed E-state index contributed by atoms with van der Waals surface area (Å²) >= 11 is 1.40. The maximum atomic E-state index is 13.2. The quantitative estimate of drug-likeness (QED) is 0.372. The summed E-state index contributed by atoms with van der Waals surface area (Å²) in [5.74, 6) is -0.306. The number of aromatic nitrogens is 4. The maximum Gasteiger partial charge on any atom is 0.167 e. The van der Waals surface area contributed by atoms with E-state index in [0.717, 1.165) is 10.9 Å². The Hall–Kier alpha value is -3.24. The van der Waals surface area contributed by atoms with Gasteiger partial charge in [-0.3, -0.25) is 0 Å². The van der Waals surface area contributed by atoms with Crippen LogP contribution in [0.3, 0.4) is 0 Å². The summed E-state index contributed by atoms with van der Waals surface area (Å²) in [7, 11) is 0. The standard InChI is InChI=1S/C21H16FN5S/c1-14-2-4-15(5-3-14)10-18(11-23)28-21-19-12-26-27(20(19)24-13-25-21)17-8-6-16(22)7-9-17/h2-9,12-13,18H,10H2,1H3. The van der Waals surface area contributed by atoms with E-state index in [1.165, 1.54) is 35.8 Å². The van der Waals surface area contributed by atoms with Gasteiger partial charge >= 0.3 is 0 Å². The molecule has 1 atom stereocenters. The van der Waals surface area contributed by atoms with Gasteiger partial charge in [-0.1, -0.05) is 41.6 Å². The van der Waals surface area contributed by atoms with Crippen molar-refractivity contribution in [1.82, 2.24) is 19.7 Å². The first-order valence-corrected chi connectivity index (χ1v) is 9.58. The first-order chi connectivity index (χ1) is 13.6. The largest absolute Gasteiger partial charge is 0.229 e. The molecule has 5 nitrogen and oxygen atoms in total. The van der Waals surface area contributed by atoms with Crippen LogP contribution in [0, 0.1) is 24.1 Å². The summed E-state index contributed by atoms with van der Waals surface area (Å²) in [6, 6.07) is 16.6. The number of rotatable bonds is 5. The van der Waals surface area contributed by atoms with E-state index in [0.29, 0.717) is 22.8 Å². The van der Waals surface area contributed by atoms with Gasteiger partial charge in [0, 0.05) is 0 Å². The van der Waals surface area contributed by atoms with Crippen molar-refractivity contribution in [3.05, 3.63) is 78.0 Å². The summed E-state index contributed by atoms with van der Waals surface area (Å²) in [5, 5.41) is 15.2. The number of hydrogen-bond acceptors (Lipinski definition) is 5. The van der Waals surface area contributed by atoms with Crippen molar-refractivity contribution in [3.8, 4) is 11.8 Å². The van der Waals surface area contributed by atoms with Crippen LogP contribution in [0.15, 0.2) is 66.1 Å². The van der Waals surface area contributed by atoms with Crippen molar-refractivity contribution >= 4 is 22.8 Å². The number of aryl methyl sites for hydroxylation is 1. The minimum Gasteiger partial charge on any atom is -0.229 e. The molecular formula is C21H16FN5S. The Bertz CT molecular complexity index is 1150. The molecule has 2 heterocycles. The van der Waals surface area contributed by atoms with E-state index < -0.39 is 0 Å². The summed E-state index contributed by atoms with van der Waals surface area (Å²) in [5.41, 5.74) is 3.63. The third-order valence-electron chi connectivity index (χ3n) is 4.34. The highest BCUT2D eigenvalue weighted by atomic mass is 32.2. The minimum atomic E-state index is -0.306. The molecule has 1 unspecified atom stereocenters. The molecule has 28 heavy (non-hydrogen) atoms. The lowest BCUT2D eigenvalue weighted by molar-refractivity contribution is 0.627. The molecule has 0 saturated heterocycles. The predicted molar refractivity (Wildman–Crippen MR) is 107 cm³/mol. The molecule has 0 bridgehead atoms. The second kappa shape index (κ2) is 7.79. The molecule has 7 heteroatoms. The Morgan fingerprint density at radius 3 is 2.57 bits per heavy atom. The first kappa shape index (κ1) is 18.1. The summed E-state index contributed by atoms with van der Waals surface area (Å²) in [6.07, 6.45) is 3.77. The zero-order valence-electron chi connectivity index (χ0n) is 15.1. The molecule has 4 aromatic rings. The lowest BCUT2D eigenvalue weighted by Crippen LogP contribution is -2.05. The van der Waals surface area contributed by atoms with Crippen LogP contribution in [-0.2, 0) is 6.42 Å². The van der Waals surface area contributed by atoms with Crippen LogP contribution < -0.4 is 0 Å². The van der Waals surface area contributed by atoms with Crippen LogP contribution in [0.25, 0.3) is 16.7 Å². The normalized spacial score (nSPS) is 12.0. The van der Waals surface area contributed by atoms with Crippen molar-refractivity contribution in [3.63, 3.8) is 0 Å². The van der Waals surface area contributed by atoms with Gasteiger partial charge in [0.05, 0.1) is 23.3 Å². The van der Waals surface area contributed by atoms with Gasteiger partial charge in [-0.15, -0.1) is 0 Å². The lowest BCUT2D eigenvalue weighted by Gasteiger charge is -2.09. The molecule has 0 fully saturated rings. The maximum absolute atomic E-state index is 13.2. The van der Waals surface area contributed by atoms with E-state index >= 15 is 0 Å². The number of benzene rings is 2. The van der Waals surface area contributed by atoms with E-state index in [2.05, 4.69) is 21.1 Å². The second-order valence-electron chi connectivity index (χ2n) is 6.37. The van der Waals surface area contributed by atoms with Gasteiger partial charge in [-0.25, -0.2) is 19.0 Å². The lowest BCUT2D eigenvalue weighted by atomic mass is 10.1. The summed E-state index contributed by atoms with van der Waals surface area (Å²) < 4.78 is 14.8. The van der Waals surface area contributed by atoms with Crippen LogP contribution in [0.5, 0.6) is 0 Å². The fourth-order valence-electron chi connectivity index (χ4n) is 2.87. The smallest absolute Gasteiger partial charge is 0.167 e. The molecule has 2 aromatic carbocycles. The molecule has 0 aliphatic rings. The summed E-state index contributed by atoms with van der Waals surface area (Å²) in [4.78, 5) is 8.69. The predicted octanol–water partition coefficient (Wildman–Crippen LogP) is 4.49. The molecule has 0 amide bonds. The number of halogens is 1. The van der Waals surface area contributed by atoms with Crippen molar-refractivity contribution in [2.75, 3.05) is 0 Å². The Balaban J connectivity index is 1.62. The molecule has 0 aliphatic carbocycles. The molecule has 0 aliphatic heterocycles. The molecule has 0 saturated carbocycles. The van der Waals surface area contributed by atoms with Crippen molar-refractivity contribution < 1.29 is 4.39 Å².